The second-order valence-corrected chi connectivity index (χ2v) is 5.68. The highest BCUT2D eigenvalue weighted by Crippen LogP contribution is 2.17. The summed E-state index contributed by atoms with van der Waals surface area (Å²) >= 11 is 1.36. The van der Waals surface area contributed by atoms with Crippen LogP contribution in [0.5, 0.6) is 0 Å². The number of aliphatic imine (C=N–C) groups is 2. The quantitative estimate of drug-likeness (QED) is 0.534. The number of carbonyl (C=O) groups excluding carboxylic acids is 2. The number of ether oxygens (including phenoxy) is 1. The average Bonchev–Trinajstić information content (AvgIpc) is 2.48. The number of hydrogen-bond donors (Lipinski definition) is 0. The van der Waals surface area contributed by atoms with Crippen LogP contribution in [-0.4, -0.2) is 41.5 Å². The lowest BCUT2D eigenvalue weighted by Crippen LogP contribution is -2.27. The number of rotatable bonds is 7. The van der Waals surface area contributed by atoms with Gasteiger partial charge in [0.15, 0.2) is 0 Å². The number of thioether (sulfide) groups is 1. The Morgan fingerprint density at radius 3 is 3.05 bits per heavy atom. The van der Waals surface area contributed by atoms with Gasteiger partial charge in [-0.2, -0.15) is 4.99 Å². The van der Waals surface area contributed by atoms with Gasteiger partial charge >= 0.3 is 5.97 Å². The Labute approximate surface area is 128 Å². The number of nitrogens with zero attached hydrogens (tertiary/aromatic N) is 2. The molecular weight excluding hydrogens is 288 g/mol. The van der Waals surface area contributed by atoms with E-state index in [1.165, 1.54) is 11.8 Å². The van der Waals surface area contributed by atoms with Gasteiger partial charge in [-0.15, -0.1) is 11.8 Å². The van der Waals surface area contributed by atoms with E-state index < -0.39 is 0 Å². The largest absolute Gasteiger partial charge is 0.465 e. The van der Waals surface area contributed by atoms with Crippen LogP contribution >= 0.6 is 11.8 Å². The van der Waals surface area contributed by atoms with Crippen molar-refractivity contribution >= 4 is 35.2 Å². The van der Waals surface area contributed by atoms with E-state index in [9.17, 15) is 9.59 Å². The Balaban J connectivity index is 1.78. The third kappa shape index (κ3) is 4.67. The minimum atomic E-state index is -0.345. The summed E-state index contributed by atoms with van der Waals surface area (Å²) in [4.78, 5) is 31.6. The maximum Gasteiger partial charge on any atom is 0.315 e. The summed E-state index contributed by atoms with van der Waals surface area (Å²) in [6.07, 6.45) is 9.17. The van der Waals surface area contributed by atoms with Gasteiger partial charge in [0.2, 0.25) is 0 Å². The summed E-state index contributed by atoms with van der Waals surface area (Å²) in [7, 11) is 0. The van der Waals surface area contributed by atoms with Gasteiger partial charge in [0, 0.05) is 0 Å². The molecule has 1 unspecified atom stereocenters. The molecule has 21 heavy (non-hydrogen) atoms. The molecule has 1 aliphatic heterocycles. The zero-order valence-corrected chi connectivity index (χ0v) is 12.8. The van der Waals surface area contributed by atoms with Crippen molar-refractivity contribution in [2.24, 2.45) is 15.9 Å². The highest BCUT2D eigenvalue weighted by Gasteiger charge is 2.26. The standard InChI is InChI=1S/C15H18N2O3S/c1-2-3-8-20-14(18)10-21-9-13-16-12-7-5-4-6-11(12)15(19)17-13/h4-7,11H,2-3,8-10H2,1H3. The third-order valence-corrected chi connectivity index (χ3v) is 3.88. The molecule has 1 atom stereocenters. The molecule has 0 aromatic heterocycles. The second-order valence-electron chi connectivity index (χ2n) is 4.69. The second kappa shape index (κ2) is 7.93. The first-order chi connectivity index (χ1) is 10.2. The predicted octanol–water partition coefficient (Wildman–Crippen LogP) is 2.18. The zero-order valence-electron chi connectivity index (χ0n) is 11.9. The molecule has 0 saturated carbocycles. The number of unbranched alkanes of at least 4 members (excludes halogenated alkanes) is 1. The van der Waals surface area contributed by atoms with Crippen molar-refractivity contribution in [1.82, 2.24) is 0 Å². The van der Waals surface area contributed by atoms with Gasteiger partial charge in [-0.05, 0) is 12.5 Å². The van der Waals surface area contributed by atoms with Crippen molar-refractivity contribution in [2.75, 3.05) is 18.1 Å². The Kier molecular flexibility index (Phi) is 5.92. The van der Waals surface area contributed by atoms with Crippen LogP contribution in [-0.2, 0) is 14.3 Å². The molecule has 1 aliphatic carbocycles. The van der Waals surface area contributed by atoms with Crippen LogP contribution in [0.15, 0.2) is 34.3 Å². The molecule has 0 bridgehead atoms. The molecule has 0 spiro atoms. The highest BCUT2D eigenvalue weighted by molar-refractivity contribution is 8.00. The van der Waals surface area contributed by atoms with Gasteiger partial charge in [0.1, 0.15) is 11.8 Å². The Morgan fingerprint density at radius 1 is 1.38 bits per heavy atom. The summed E-state index contributed by atoms with van der Waals surface area (Å²) in [6, 6.07) is 0. The molecular formula is C15H18N2O3S. The number of amides is 1. The minimum absolute atomic E-state index is 0.193. The molecule has 0 N–H and O–H groups in total. The number of esters is 1. The maximum absolute atomic E-state index is 11.9. The van der Waals surface area contributed by atoms with Crippen molar-refractivity contribution in [3.05, 3.63) is 24.3 Å². The predicted molar refractivity (Wildman–Crippen MR) is 84.8 cm³/mol. The fourth-order valence-corrected chi connectivity index (χ4v) is 2.54. The monoisotopic (exact) mass is 306 g/mol. The number of carbonyl (C=O) groups is 2. The van der Waals surface area contributed by atoms with E-state index in [1.54, 1.807) is 6.08 Å². The number of fused-ring (bicyclic) bond motifs is 1. The SMILES string of the molecule is CCCCOC(=O)CSCC1=NC(=O)C2C=CC=CC2=N1. The van der Waals surface area contributed by atoms with Gasteiger partial charge < -0.3 is 4.74 Å². The molecule has 2 aliphatic rings. The molecule has 0 saturated heterocycles. The Hall–Kier alpha value is -1.69. The third-order valence-electron chi connectivity index (χ3n) is 2.98. The van der Waals surface area contributed by atoms with E-state index in [0.717, 1.165) is 18.6 Å². The van der Waals surface area contributed by atoms with E-state index in [4.69, 9.17) is 4.74 Å². The van der Waals surface area contributed by atoms with Crippen molar-refractivity contribution in [1.29, 1.82) is 0 Å². The molecule has 0 fully saturated rings. The molecule has 2 rings (SSSR count). The fraction of sp³-hybridized carbons (Fsp3) is 0.467. The molecule has 0 aromatic carbocycles. The summed E-state index contributed by atoms with van der Waals surface area (Å²) < 4.78 is 5.06. The van der Waals surface area contributed by atoms with Crippen LogP contribution < -0.4 is 0 Å². The van der Waals surface area contributed by atoms with Gasteiger partial charge in [-0.3, -0.25) is 9.59 Å². The Bertz CT molecular complexity index is 535. The van der Waals surface area contributed by atoms with Crippen molar-refractivity contribution in [2.45, 2.75) is 19.8 Å². The van der Waals surface area contributed by atoms with Crippen molar-refractivity contribution < 1.29 is 14.3 Å². The molecule has 1 amide bonds. The van der Waals surface area contributed by atoms with Crippen molar-refractivity contribution in [3.63, 3.8) is 0 Å². The highest BCUT2D eigenvalue weighted by atomic mass is 32.2. The first kappa shape index (κ1) is 15.7. The molecule has 0 aromatic rings. The molecule has 5 nitrogen and oxygen atoms in total. The van der Waals surface area contributed by atoms with E-state index in [2.05, 4.69) is 9.98 Å². The van der Waals surface area contributed by atoms with Crippen LogP contribution in [0.2, 0.25) is 0 Å². The van der Waals surface area contributed by atoms with Gasteiger partial charge in [0.05, 0.1) is 23.8 Å². The first-order valence-electron chi connectivity index (χ1n) is 6.99. The number of hydrogen-bond acceptors (Lipinski definition) is 5. The van der Waals surface area contributed by atoms with Gasteiger partial charge in [-0.1, -0.05) is 31.6 Å². The smallest absolute Gasteiger partial charge is 0.315 e. The Morgan fingerprint density at radius 2 is 2.24 bits per heavy atom. The summed E-state index contributed by atoms with van der Waals surface area (Å²) in [5.74, 6) is 0.382. The average molecular weight is 306 g/mol. The lowest BCUT2D eigenvalue weighted by Gasteiger charge is -2.17. The molecule has 6 heteroatoms. The normalized spacial score (nSPS) is 19.9. The van der Waals surface area contributed by atoms with E-state index in [1.807, 2.05) is 25.2 Å². The van der Waals surface area contributed by atoms with Crippen LogP contribution in [0.25, 0.3) is 0 Å². The lowest BCUT2D eigenvalue weighted by atomic mass is 9.97. The van der Waals surface area contributed by atoms with E-state index in [0.29, 0.717) is 18.2 Å². The van der Waals surface area contributed by atoms with E-state index >= 15 is 0 Å². The summed E-state index contributed by atoms with van der Waals surface area (Å²) in [6.45, 7) is 2.51. The maximum atomic E-state index is 11.9. The van der Waals surface area contributed by atoms with Crippen molar-refractivity contribution in [3.8, 4) is 0 Å². The molecule has 112 valence electrons. The first-order valence-corrected chi connectivity index (χ1v) is 8.14. The molecule has 1 heterocycles. The number of allylic oxidation sites excluding steroid dienone is 3. The molecule has 0 radical (unpaired) electrons. The van der Waals surface area contributed by atoms with Crippen LogP contribution in [0.1, 0.15) is 19.8 Å². The zero-order chi connectivity index (χ0) is 15.1. The van der Waals surface area contributed by atoms with E-state index in [-0.39, 0.29) is 23.5 Å². The van der Waals surface area contributed by atoms with Crippen LogP contribution in [0.4, 0.5) is 0 Å². The van der Waals surface area contributed by atoms with Gasteiger partial charge in [0.25, 0.3) is 5.91 Å². The summed E-state index contributed by atoms with van der Waals surface area (Å²) in [5, 5.41) is 0. The summed E-state index contributed by atoms with van der Waals surface area (Å²) in [5.41, 5.74) is 0.721. The lowest BCUT2D eigenvalue weighted by molar-refractivity contribution is -0.140. The van der Waals surface area contributed by atoms with Crippen LogP contribution in [0.3, 0.4) is 0 Å². The number of amidine groups is 1. The van der Waals surface area contributed by atoms with Gasteiger partial charge in [-0.25, -0.2) is 4.99 Å². The fourth-order valence-electron chi connectivity index (χ4n) is 1.88. The minimum Gasteiger partial charge on any atom is -0.465 e. The topological polar surface area (TPSA) is 68.1 Å². The van der Waals surface area contributed by atoms with Crippen LogP contribution in [0, 0.1) is 5.92 Å².